The standard InChI is InChI=1S/C8H11BO4/c1-11-7-12-13-9(10)8-5-3-2-4-6-8/h2-6,10H,7H2,1H3. The van der Waals surface area contributed by atoms with Crippen LogP contribution in [0.5, 0.6) is 0 Å². The van der Waals surface area contributed by atoms with Crippen molar-refractivity contribution >= 4 is 12.6 Å². The Kier molecular flexibility index (Phi) is 4.49. The largest absolute Gasteiger partial charge is 0.523 e. The first kappa shape index (κ1) is 10.2. The summed E-state index contributed by atoms with van der Waals surface area (Å²) < 4.78 is 4.57. The second kappa shape index (κ2) is 5.72. The van der Waals surface area contributed by atoms with Crippen molar-refractivity contribution in [2.24, 2.45) is 0 Å². The fourth-order valence-corrected chi connectivity index (χ4v) is 0.814. The summed E-state index contributed by atoms with van der Waals surface area (Å²) in [5, 5.41) is 9.34. The first-order valence-electron chi connectivity index (χ1n) is 3.85. The maximum atomic E-state index is 9.34. The van der Waals surface area contributed by atoms with Crippen LogP contribution < -0.4 is 5.46 Å². The molecule has 0 heterocycles. The zero-order valence-corrected chi connectivity index (χ0v) is 7.34. The molecule has 13 heavy (non-hydrogen) atoms. The third-order valence-corrected chi connectivity index (χ3v) is 1.41. The van der Waals surface area contributed by atoms with Gasteiger partial charge in [-0.05, 0) is 5.46 Å². The Morgan fingerprint density at radius 1 is 1.31 bits per heavy atom. The molecule has 0 saturated heterocycles. The molecule has 1 aromatic carbocycles. The molecule has 0 radical (unpaired) electrons. The first-order chi connectivity index (χ1) is 6.34. The summed E-state index contributed by atoms with van der Waals surface area (Å²) in [4.78, 5) is 9.13. The predicted molar refractivity (Wildman–Crippen MR) is 48.1 cm³/mol. The van der Waals surface area contributed by atoms with Gasteiger partial charge in [0.15, 0.2) is 6.79 Å². The van der Waals surface area contributed by atoms with Gasteiger partial charge in [-0.1, -0.05) is 30.3 Å². The molecule has 0 bridgehead atoms. The van der Waals surface area contributed by atoms with E-state index in [1.165, 1.54) is 7.11 Å². The minimum absolute atomic E-state index is 0.0100. The van der Waals surface area contributed by atoms with Crippen molar-refractivity contribution < 1.29 is 19.5 Å². The normalized spacial score (nSPS) is 10.0. The van der Waals surface area contributed by atoms with E-state index in [-0.39, 0.29) is 6.79 Å². The Morgan fingerprint density at radius 3 is 2.62 bits per heavy atom. The van der Waals surface area contributed by atoms with Crippen LogP contribution in [0.4, 0.5) is 0 Å². The Hall–Kier alpha value is -0.875. The van der Waals surface area contributed by atoms with Gasteiger partial charge in [-0.3, -0.25) is 4.81 Å². The highest BCUT2D eigenvalue weighted by Gasteiger charge is 2.16. The van der Waals surface area contributed by atoms with Crippen LogP contribution in [0, 0.1) is 0 Å². The highest BCUT2D eigenvalue weighted by atomic mass is 17.2. The topological polar surface area (TPSA) is 47.9 Å². The molecule has 0 aliphatic rings. The van der Waals surface area contributed by atoms with Gasteiger partial charge in [0.05, 0.1) is 0 Å². The van der Waals surface area contributed by atoms with Crippen LogP contribution in [0.25, 0.3) is 0 Å². The molecule has 1 aromatic rings. The molecule has 0 aliphatic carbocycles. The van der Waals surface area contributed by atoms with Gasteiger partial charge in [0.2, 0.25) is 0 Å². The van der Waals surface area contributed by atoms with Gasteiger partial charge in [0, 0.05) is 7.11 Å². The van der Waals surface area contributed by atoms with Crippen molar-refractivity contribution in [1.29, 1.82) is 0 Å². The third-order valence-electron chi connectivity index (χ3n) is 1.41. The average Bonchev–Trinajstić information content (AvgIpc) is 2.19. The van der Waals surface area contributed by atoms with E-state index in [0.717, 1.165) is 0 Å². The first-order valence-corrected chi connectivity index (χ1v) is 3.85. The quantitative estimate of drug-likeness (QED) is 0.227. The summed E-state index contributed by atoms with van der Waals surface area (Å²) in [5.41, 5.74) is 0.638. The van der Waals surface area contributed by atoms with Crippen molar-refractivity contribution in [3.63, 3.8) is 0 Å². The third kappa shape index (κ3) is 3.56. The molecule has 0 unspecified atom stereocenters. The average molecular weight is 182 g/mol. The molecule has 0 amide bonds. The van der Waals surface area contributed by atoms with E-state index in [0.29, 0.717) is 5.46 Å². The Morgan fingerprint density at radius 2 is 2.00 bits per heavy atom. The molecule has 0 saturated carbocycles. The fraction of sp³-hybridized carbons (Fsp3) is 0.250. The van der Waals surface area contributed by atoms with Gasteiger partial charge in [0.25, 0.3) is 0 Å². The summed E-state index contributed by atoms with van der Waals surface area (Å²) in [6.07, 6.45) is 0. The van der Waals surface area contributed by atoms with Gasteiger partial charge in [-0.2, -0.15) is 0 Å². The zero-order chi connectivity index (χ0) is 9.52. The van der Waals surface area contributed by atoms with Gasteiger partial charge in [-0.25, -0.2) is 4.89 Å². The smallest absolute Gasteiger partial charge is 0.422 e. The van der Waals surface area contributed by atoms with Crippen LogP contribution >= 0.6 is 0 Å². The lowest BCUT2D eigenvalue weighted by Crippen LogP contribution is -2.33. The van der Waals surface area contributed by atoms with Gasteiger partial charge >= 0.3 is 7.12 Å². The molecule has 1 N–H and O–H groups in total. The minimum atomic E-state index is -1.07. The summed E-state index contributed by atoms with van der Waals surface area (Å²) in [5.74, 6) is 0. The van der Waals surface area contributed by atoms with Crippen molar-refractivity contribution in [3.8, 4) is 0 Å². The van der Waals surface area contributed by atoms with Crippen LogP contribution in [0.15, 0.2) is 30.3 Å². The Balaban J connectivity index is 2.35. The molecule has 0 fully saturated rings. The molecular formula is C8H11BO4. The van der Waals surface area contributed by atoms with E-state index in [1.54, 1.807) is 24.3 Å². The maximum absolute atomic E-state index is 9.34. The van der Waals surface area contributed by atoms with Crippen molar-refractivity contribution in [2.75, 3.05) is 13.9 Å². The van der Waals surface area contributed by atoms with Crippen molar-refractivity contribution in [1.82, 2.24) is 0 Å². The highest BCUT2D eigenvalue weighted by molar-refractivity contribution is 6.59. The van der Waals surface area contributed by atoms with Gasteiger partial charge in [0.1, 0.15) is 0 Å². The molecule has 4 nitrogen and oxygen atoms in total. The minimum Gasteiger partial charge on any atom is -0.422 e. The van der Waals surface area contributed by atoms with Crippen LogP contribution in [0.3, 0.4) is 0 Å². The lowest BCUT2D eigenvalue weighted by atomic mass is 9.80. The van der Waals surface area contributed by atoms with E-state index in [4.69, 9.17) is 0 Å². The summed E-state index contributed by atoms with van der Waals surface area (Å²) >= 11 is 0. The molecule has 0 aliphatic heterocycles. The number of hydrogen-bond donors (Lipinski definition) is 1. The maximum Gasteiger partial charge on any atom is 0.523 e. The van der Waals surface area contributed by atoms with Crippen LogP contribution in [-0.2, 0) is 14.4 Å². The van der Waals surface area contributed by atoms with E-state index in [2.05, 4.69) is 14.4 Å². The lowest BCUT2D eigenvalue weighted by Gasteiger charge is -2.05. The lowest BCUT2D eigenvalue weighted by molar-refractivity contribution is -0.271. The van der Waals surface area contributed by atoms with E-state index < -0.39 is 7.12 Å². The van der Waals surface area contributed by atoms with Crippen LogP contribution in [0.2, 0.25) is 0 Å². The van der Waals surface area contributed by atoms with E-state index in [1.807, 2.05) is 6.07 Å². The van der Waals surface area contributed by atoms with Crippen molar-refractivity contribution in [3.05, 3.63) is 30.3 Å². The Bertz CT molecular complexity index is 229. The second-order valence-corrected chi connectivity index (χ2v) is 2.38. The summed E-state index contributed by atoms with van der Waals surface area (Å²) in [7, 11) is 0.398. The second-order valence-electron chi connectivity index (χ2n) is 2.38. The number of rotatable bonds is 5. The van der Waals surface area contributed by atoms with Gasteiger partial charge < -0.3 is 9.76 Å². The number of hydrogen-bond acceptors (Lipinski definition) is 4. The monoisotopic (exact) mass is 182 g/mol. The van der Waals surface area contributed by atoms with Gasteiger partial charge in [-0.15, -0.1) is 0 Å². The molecule has 0 spiro atoms. The van der Waals surface area contributed by atoms with Crippen molar-refractivity contribution in [2.45, 2.75) is 0 Å². The number of benzene rings is 1. The van der Waals surface area contributed by atoms with E-state index in [9.17, 15) is 5.02 Å². The fourth-order valence-electron chi connectivity index (χ4n) is 0.814. The van der Waals surface area contributed by atoms with E-state index >= 15 is 0 Å². The number of ether oxygens (including phenoxy) is 1. The molecular weight excluding hydrogens is 171 g/mol. The number of methoxy groups -OCH3 is 1. The summed E-state index contributed by atoms with van der Waals surface area (Å²) in [6, 6.07) is 8.93. The molecule has 0 aromatic heterocycles. The van der Waals surface area contributed by atoms with Crippen LogP contribution in [0.1, 0.15) is 0 Å². The molecule has 5 heteroatoms. The molecule has 0 atom stereocenters. The molecule has 70 valence electrons. The summed E-state index contributed by atoms with van der Waals surface area (Å²) in [6.45, 7) is -0.0100. The van der Waals surface area contributed by atoms with Crippen LogP contribution in [-0.4, -0.2) is 26.0 Å². The highest BCUT2D eigenvalue weighted by Crippen LogP contribution is 1.88. The predicted octanol–water partition coefficient (Wildman–Crippen LogP) is -0.0738. The molecule has 1 rings (SSSR count). The SMILES string of the molecule is COCOOB(O)c1ccccc1. The zero-order valence-electron chi connectivity index (χ0n) is 7.34. The Labute approximate surface area is 77.1 Å².